The van der Waals surface area contributed by atoms with Crippen molar-refractivity contribution >= 4 is 12.1 Å². The normalized spacial score (nSPS) is 15.4. The van der Waals surface area contributed by atoms with Crippen molar-refractivity contribution in [2.24, 2.45) is 5.73 Å². The predicted molar refractivity (Wildman–Crippen MR) is 112 cm³/mol. The lowest BCUT2D eigenvalue weighted by Crippen LogP contribution is -2.27. The van der Waals surface area contributed by atoms with Gasteiger partial charge < -0.3 is 15.2 Å². The van der Waals surface area contributed by atoms with Gasteiger partial charge in [-0.15, -0.1) is 0 Å². The van der Waals surface area contributed by atoms with Crippen molar-refractivity contribution in [3.63, 3.8) is 0 Å². The maximum Gasteiger partial charge on any atom is 0.405 e. The first-order chi connectivity index (χ1) is 13.1. The van der Waals surface area contributed by atoms with Crippen LogP contribution in [0.25, 0.3) is 0 Å². The summed E-state index contributed by atoms with van der Waals surface area (Å²) in [4.78, 5) is 21.6. The average Bonchev–Trinajstić information content (AvgIpc) is 2.62. The van der Waals surface area contributed by atoms with Crippen LogP contribution in [0.15, 0.2) is 54.1 Å². The third-order valence-corrected chi connectivity index (χ3v) is 4.02. The van der Waals surface area contributed by atoms with Crippen LogP contribution < -0.4 is 5.73 Å². The van der Waals surface area contributed by atoms with Crippen molar-refractivity contribution < 1.29 is 19.1 Å². The SMILES string of the molecule is CC(C)(C)OC(N)=O.CCC(=O)OC(C)C(C1=CCCC=C1)c1ccccc1. The second-order valence-electron chi connectivity index (χ2n) is 7.65. The highest BCUT2D eigenvalue weighted by atomic mass is 16.6. The summed E-state index contributed by atoms with van der Waals surface area (Å²) >= 11 is 0. The molecule has 1 aliphatic carbocycles. The van der Waals surface area contributed by atoms with E-state index in [2.05, 4.69) is 35.1 Å². The molecule has 5 nitrogen and oxygen atoms in total. The molecule has 0 heterocycles. The minimum atomic E-state index is -0.725. The molecule has 2 rings (SSSR count). The number of benzene rings is 1. The molecule has 1 aromatic rings. The molecule has 0 aliphatic heterocycles. The number of primary amides is 1. The fourth-order valence-electron chi connectivity index (χ4n) is 2.92. The summed E-state index contributed by atoms with van der Waals surface area (Å²) in [5.74, 6) is -0.0259. The van der Waals surface area contributed by atoms with E-state index in [1.165, 1.54) is 11.1 Å². The Morgan fingerprint density at radius 1 is 1.14 bits per heavy atom. The Morgan fingerprint density at radius 2 is 1.79 bits per heavy atom. The number of rotatable bonds is 5. The monoisotopic (exact) mass is 387 g/mol. The molecule has 0 radical (unpaired) electrons. The fraction of sp³-hybridized carbons (Fsp3) is 0.478. The summed E-state index contributed by atoms with van der Waals surface area (Å²) < 4.78 is 10.1. The largest absolute Gasteiger partial charge is 0.462 e. The maximum atomic E-state index is 11.6. The van der Waals surface area contributed by atoms with Gasteiger partial charge in [0.1, 0.15) is 11.7 Å². The Morgan fingerprint density at radius 3 is 2.21 bits per heavy atom. The first-order valence-corrected chi connectivity index (χ1v) is 9.73. The molecule has 0 spiro atoms. The van der Waals surface area contributed by atoms with Gasteiger partial charge in [0.15, 0.2) is 0 Å². The summed E-state index contributed by atoms with van der Waals surface area (Å²) in [6.07, 6.45) is 8.31. The van der Waals surface area contributed by atoms with Crippen molar-refractivity contribution in [2.75, 3.05) is 0 Å². The lowest BCUT2D eigenvalue weighted by atomic mass is 9.84. The van der Waals surface area contributed by atoms with Gasteiger partial charge in [0.25, 0.3) is 0 Å². The molecule has 5 heteroatoms. The number of amides is 1. The van der Waals surface area contributed by atoms with Crippen molar-refractivity contribution in [1.82, 2.24) is 0 Å². The number of ether oxygens (including phenoxy) is 2. The van der Waals surface area contributed by atoms with Gasteiger partial charge in [-0.3, -0.25) is 4.79 Å². The molecule has 1 amide bonds. The number of nitrogens with two attached hydrogens (primary N) is 1. The van der Waals surface area contributed by atoms with E-state index in [1.807, 2.05) is 32.0 Å². The number of carbonyl (C=O) groups excluding carboxylic acids is 2. The van der Waals surface area contributed by atoms with Gasteiger partial charge in [-0.1, -0.05) is 55.5 Å². The first kappa shape index (κ1) is 23.5. The number of esters is 1. The van der Waals surface area contributed by atoms with Crippen molar-refractivity contribution in [1.29, 1.82) is 0 Å². The molecule has 2 N–H and O–H groups in total. The lowest BCUT2D eigenvalue weighted by Gasteiger charge is -2.27. The second kappa shape index (κ2) is 11.3. The molecule has 28 heavy (non-hydrogen) atoms. The van der Waals surface area contributed by atoms with Gasteiger partial charge in [-0.2, -0.15) is 0 Å². The van der Waals surface area contributed by atoms with Crippen LogP contribution >= 0.6 is 0 Å². The topological polar surface area (TPSA) is 78.6 Å². The van der Waals surface area contributed by atoms with E-state index in [-0.39, 0.29) is 18.0 Å². The molecular formula is C23H33NO4. The van der Waals surface area contributed by atoms with E-state index in [0.717, 1.165) is 12.8 Å². The van der Waals surface area contributed by atoms with Crippen LogP contribution in [0.1, 0.15) is 65.4 Å². The van der Waals surface area contributed by atoms with Crippen molar-refractivity contribution in [3.8, 4) is 0 Å². The Kier molecular flexibility index (Phi) is 9.49. The summed E-state index contributed by atoms with van der Waals surface area (Å²) in [6.45, 7) is 9.09. The molecule has 2 unspecified atom stereocenters. The standard InChI is InChI=1S/C18H22O2.C5H11NO2/c1-3-17(19)20-14(2)18(15-10-6-4-7-11-15)16-12-8-5-9-13-16;1-5(2,3)8-4(6)7/h4,6-8,10-14,18H,3,5,9H2,1-2H3;1-3H3,(H2,6,7). The minimum Gasteiger partial charge on any atom is -0.462 e. The summed E-state index contributed by atoms with van der Waals surface area (Å²) in [5.41, 5.74) is 6.71. The Bertz CT molecular complexity index is 686. The maximum absolute atomic E-state index is 11.6. The van der Waals surface area contributed by atoms with E-state index < -0.39 is 11.7 Å². The van der Waals surface area contributed by atoms with Gasteiger partial charge in [-0.05, 0) is 51.7 Å². The van der Waals surface area contributed by atoms with Crippen LogP contribution in [0.3, 0.4) is 0 Å². The van der Waals surface area contributed by atoms with Gasteiger partial charge in [0.05, 0.1) is 0 Å². The van der Waals surface area contributed by atoms with Crippen molar-refractivity contribution in [2.45, 2.75) is 71.5 Å². The van der Waals surface area contributed by atoms with Crippen LogP contribution in [0.2, 0.25) is 0 Å². The fourth-order valence-corrected chi connectivity index (χ4v) is 2.92. The average molecular weight is 388 g/mol. The van der Waals surface area contributed by atoms with Gasteiger partial charge in [-0.25, -0.2) is 4.79 Å². The van der Waals surface area contributed by atoms with Crippen LogP contribution in [0, 0.1) is 0 Å². The highest BCUT2D eigenvalue weighted by Crippen LogP contribution is 2.32. The van der Waals surface area contributed by atoms with Crippen LogP contribution in [-0.4, -0.2) is 23.8 Å². The van der Waals surface area contributed by atoms with Gasteiger partial charge in [0, 0.05) is 12.3 Å². The van der Waals surface area contributed by atoms with E-state index in [1.54, 1.807) is 20.8 Å². The van der Waals surface area contributed by atoms with E-state index in [0.29, 0.717) is 6.42 Å². The molecule has 2 atom stereocenters. The molecular weight excluding hydrogens is 354 g/mol. The zero-order valence-electron chi connectivity index (χ0n) is 17.6. The molecule has 0 saturated carbocycles. The molecule has 1 aromatic carbocycles. The van der Waals surface area contributed by atoms with Crippen LogP contribution in [-0.2, 0) is 14.3 Å². The minimum absolute atomic E-state index is 0.114. The molecule has 154 valence electrons. The zero-order chi connectivity index (χ0) is 21.2. The third-order valence-electron chi connectivity index (χ3n) is 4.02. The Balaban J connectivity index is 0.000000416. The number of carbonyl (C=O) groups is 2. The molecule has 0 saturated heterocycles. The van der Waals surface area contributed by atoms with Crippen LogP contribution in [0.4, 0.5) is 4.79 Å². The third kappa shape index (κ3) is 8.89. The number of hydrogen-bond acceptors (Lipinski definition) is 4. The van der Waals surface area contributed by atoms with E-state index >= 15 is 0 Å². The number of hydrogen-bond donors (Lipinski definition) is 1. The van der Waals surface area contributed by atoms with E-state index in [9.17, 15) is 9.59 Å². The van der Waals surface area contributed by atoms with Crippen LogP contribution in [0.5, 0.6) is 0 Å². The highest BCUT2D eigenvalue weighted by Gasteiger charge is 2.25. The van der Waals surface area contributed by atoms with E-state index in [4.69, 9.17) is 10.5 Å². The Labute approximate surface area is 168 Å². The summed E-state index contributed by atoms with van der Waals surface area (Å²) in [5, 5.41) is 0. The summed E-state index contributed by atoms with van der Waals surface area (Å²) in [6, 6.07) is 10.3. The second-order valence-corrected chi connectivity index (χ2v) is 7.65. The lowest BCUT2D eigenvalue weighted by molar-refractivity contribution is -0.148. The molecule has 1 aliphatic rings. The van der Waals surface area contributed by atoms with Gasteiger partial charge >= 0.3 is 12.1 Å². The molecule has 0 bridgehead atoms. The van der Waals surface area contributed by atoms with Gasteiger partial charge in [0.2, 0.25) is 0 Å². The van der Waals surface area contributed by atoms with Crippen molar-refractivity contribution in [3.05, 3.63) is 59.7 Å². The quantitative estimate of drug-likeness (QED) is 0.698. The smallest absolute Gasteiger partial charge is 0.405 e. The highest BCUT2D eigenvalue weighted by molar-refractivity contribution is 5.69. The number of allylic oxidation sites excluding steroid dienone is 3. The predicted octanol–water partition coefficient (Wildman–Crippen LogP) is 5.27. The first-order valence-electron chi connectivity index (χ1n) is 9.73. The summed E-state index contributed by atoms with van der Waals surface area (Å²) in [7, 11) is 0. The zero-order valence-corrected chi connectivity index (χ0v) is 17.6. The molecule has 0 aromatic heterocycles. The molecule has 0 fully saturated rings. The Hall–Kier alpha value is -2.56.